The van der Waals surface area contributed by atoms with Crippen LogP contribution in [0.25, 0.3) is 10.9 Å². The molecule has 8 N–H and O–H groups in total. The van der Waals surface area contributed by atoms with E-state index in [1.165, 1.54) is 0 Å². The second-order valence-corrected chi connectivity index (χ2v) is 9.34. The zero-order valence-corrected chi connectivity index (χ0v) is 21.5. The molecule has 4 atom stereocenters. The molecule has 0 saturated carbocycles. The highest BCUT2D eigenvalue weighted by Gasteiger charge is 2.31. The topological polar surface area (TPSA) is 204 Å². The van der Waals surface area contributed by atoms with Crippen LogP contribution in [-0.4, -0.2) is 74.8 Å². The number of nitrogens with one attached hydrogen (secondary N) is 4. The van der Waals surface area contributed by atoms with E-state index in [-0.39, 0.29) is 24.5 Å². The number of aromatic nitrogens is 1. The van der Waals surface area contributed by atoms with Gasteiger partial charge in [-0.2, -0.15) is 12.6 Å². The van der Waals surface area contributed by atoms with E-state index >= 15 is 0 Å². The fourth-order valence-corrected chi connectivity index (χ4v) is 3.81. The van der Waals surface area contributed by atoms with Gasteiger partial charge in [0, 0.05) is 35.7 Å². The summed E-state index contributed by atoms with van der Waals surface area (Å²) in [7, 11) is 0. The van der Waals surface area contributed by atoms with Gasteiger partial charge in [0.05, 0.1) is 6.04 Å². The summed E-state index contributed by atoms with van der Waals surface area (Å²) in [5.74, 6) is -5.17. The number of nitrogens with two attached hydrogens (primary N) is 1. The zero-order valence-electron chi connectivity index (χ0n) is 20.6. The van der Waals surface area contributed by atoms with Crippen LogP contribution in [0.3, 0.4) is 0 Å². The van der Waals surface area contributed by atoms with Gasteiger partial charge in [-0.05, 0) is 24.0 Å². The molecule has 1 aromatic heterocycles. The van der Waals surface area contributed by atoms with Crippen molar-refractivity contribution in [2.45, 2.75) is 57.3 Å². The van der Waals surface area contributed by atoms with E-state index in [1.807, 2.05) is 24.3 Å². The Morgan fingerprint density at radius 1 is 0.946 bits per heavy atom. The van der Waals surface area contributed by atoms with Gasteiger partial charge < -0.3 is 36.9 Å². The second-order valence-electron chi connectivity index (χ2n) is 8.97. The predicted octanol–water partition coefficient (Wildman–Crippen LogP) is 0.0273. The molecular weight excluding hydrogens is 502 g/mol. The first-order chi connectivity index (χ1) is 17.4. The Balaban J connectivity index is 2.31. The molecule has 0 aliphatic carbocycles. The van der Waals surface area contributed by atoms with E-state index in [9.17, 15) is 29.1 Å². The van der Waals surface area contributed by atoms with Crippen molar-refractivity contribution in [3.05, 3.63) is 36.0 Å². The maximum absolute atomic E-state index is 13.3. The second kappa shape index (κ2) is 13.7. The van der Waals surface area contributed by atoms with Crippen LogP contribution in [0.1, 0.15) is 32.3 Å². The number of hydrogen-bond acceptors (Lipinski definition) is 7. The minimum Gasteiger partial charge on any atom is -0.481 e. The van der Waals surface area contributed by atoms with Crippen molar-refractivity contribution in [3.8, 4) is 0 Å². The molecule has 4 unspecified atom stereocenters. The van der Waals surface area contributed by atoms with Gasteiger partial charge in [-0.3, -0.25) is 19.2 Å². The summed E-state index contributed by atoms with van der Waals surface area (Å²) in [6.45, 7) is 3.51. The number of carbonyl (C=O) groups is 5. The van der Waals surface area contributed by atoms with Crippen molar-refractivity contribution in [1.29, 1.82) is 0 Å². The van der Waals surface area contributed by atoms with Gasteiger partial charge in [-0.15, -0.1) is 0 Å². The first kappa shape index (κ1) is 29.6. The molecule has 2 aromatic rings. The lowest BCUT2D eigenvalue weighted by Crippen LogP contribution is -2.58. The molecule has 0 saturated heterocycles. The monoisotopic (exact) mass is 535 g/mol. The maximum atomic E-state index is 13.3. The smallest absolute Gasteiger partial charge is 0.327 e. The third-order valence-corrected chi connectivity index (χ3v) is 6.20. The van der Waals surface area contributed by atoms with Gasteiger partial charge >= 0.3 is 11.9 Å². The summed E-state index contributed by atoms with van der Waals surface area (Å²) in [5.41, 5.74) is 7.51. The van der Waals surface area contributed by atoms with E-state index in [0.29, 0.717) is 0 Å². The van der Waals surface area contributed by atoms with Crippen LogP contribution in [0.15, 0.2) is 30.5 Å². The van der Waals surface area contributed by atoms with Crippen LogP contribution < -0.4 is 21.7 Å². The average molecular weight is 536 g/mol. The van der Waals surface area contributed by atoms with Crippen LogP contribution in [0, 0.1) is 5.92 Å². The molecule has 1 aromatic carbocycles. The minimum atomic E-state index is -1.37. The van der Waals surface area contributed by atoms with Crippen LogP contribution in [0.2, 0.25) is 0 Å². The van der Waals surface area contributed by atoms with Crippen molar-refractivity contribution >= 4 is 53.2 Å². The normalized spacial score (nSPS) is 14.4. The number of thiol groups is 1. The van der Waals surface area contributed by atoms with Crippen LogP contribution in [-0.2, 0) is 30.4 Å². The number of aromatic amines is 1. The number of amides is 3. The summed E-state index contributed by atoms with van der Waals surface area (Å²) in [5, 5.41) is 26.5. The van der Waals surface area contributed by atoms with Crippen LogP contribution >= 0.6 is 12.6 Å². The van der Waals surface area contributed by atoms with Crippen LogP contribution in [0.4, 0.5) is 0 Å². The van der Waals surface area contributed by atoms with E-state index in [2.05, 4.69) is 33.6 Å². The van der Waals surface area contributed by atoms with Crippen molar-refractivity contribution in [1.82, 2.24) is 20.9 Å². The number of carbonyl (C=O) groups excluding carboxylic acids is 3. The van der Waals surface area contributed by atoms with E-state index in [4.69, 9.17) is 10.8 Å². The molecule has 13 heteroatoms. The number of H-pyrrole nitrogens is 1. The third kappa shape index (κ3) is 8.50. The first-order valence-corrected chi connectivity index (χ1v) is 12.3. The maximum Gasteiger partial charge on any atom is 0.327 e. The molecule has 2 rings (SSSR count). The summed E-state index contributed by atoms with van der Waals surface area (Å²) in [6.07, 6.45) is 0.992. The quantitative estimate of drug-likeness (QED) is 0.155. The SMILES string of the molecule is CC(C)C(N)C(=O)NC(Cc1c[nH]c2ccccc12)C(=O)NC(CCC(=O)O)C(=O)NC(CS)C(=O)O. The molecule has 0 aliphatic heterocycles. The molecule has 0 radical (unpaired) electrons. The van der Waals surface area contributed by atoms with Gasteiger partial charge in [0.2, 0.25) is 17.7 Å². The lowest BCUT2D eigenvalue weighted by Gasteiger charge is -2.25. The Bertz CT molecular complexity index is 1140. The van der Waals surface area contributed by atoms with E-state index in [0.717, 1.165) is 16.5 Å². The highest BCUT2D eigenvalue weighted by Crippen LogP contribution is 2.19. The number of carboxylic acid groups (broad SMARTS) is 2. The molecule has 0 fully saturated rings. The molecular formula is C24H33N5O7S. The molecule has 202 valence electrons. The van der Waals surface area contributed by atoms with Gasteiger partial charge in [-0.1, -0.05) is 32.0 Å². The number of benzene rings is 1. The van der Waals surface area contributed by atoms with Crippen molar-refractivity contribution in [3.63, 3.8) is 0 Å². The van der Waals surface area contributed by atoms with Crippen molar-refractivity contribution in [2.24, 2.45) is 11.7 Å². The predicted molar refractivity (Wildman–Crippen MR) is 139 cm³/mol. The first-order valence-electron chi connectivity index (χ1n) is 11.7. The Hall–Kier alpha value is -3.58. The highest BCUT2D eigenvalue weighted by molar-refractivity contribution is 7.80. The molecule has 0 aliphatic rings. The summed E-state index contributed by atoms with van der Waals surface area (Å²) < 4.78 is 0. The number of carboxylic acids is 2. The lowest BCUT2D eigenvalue weighted by atomic mass is 10.0. The van der Waals surface area contributed by atoms with E-state index in [1.54, 1.807) is 20.0 Å². The van der Waals surface area contributed by atoms with Gasteiger partial charge in [-0.25, -0.2) is 4.79 Å². The minimum absolute atomic E-state index is 0.0497. The van der Waals surface area contributed by atoms with Gasteiger partial charge in [0.1, 0.15) is 18.1 Å². The summed E-state index contributed by atoms with van der Waals surface area (Å²) in [4.78, 5) is 64.4. The number of rotatable bonds is 14. The number of fused-ring (bicyclic) bond motifs is 1. The summed E-state index contributed by atoms with van der Waals surface area (Å²) in [6, 6.07) is 2.62. The van der Waals surface area contributed by atoms with Crippen molar-refractivity contribution < 1.29 is 34.2 Å². The highest BCUT2D eigenvalue weighted by atomic mass is 32.1. The molecule has 0 spiro atoms. The number of aliphatic carboxylic acids is 2. The third-order valence-electron chi connectivity index (χ3n) is 5.83. The Kier molecular flexibility index (Phi) is 10.9. The largest absolute Gasteiger partial charge is 0.481 e. The molecule has 3 amide bonds. The molecule has 0 bridgehead atoms. The van der Waals surface area contributed by atoms with Crippen molar-refractivity contribution in [2.75, 3.05) is 5.75 Å². The summed E-state index contributed by atoms with van der Waals surface area (Å²) >= 11 is 3.90. The fourth-order valence-electron chi connectivity index (χ4n) is 3.57. The lowest BCUT2D eigenvalue weighted by molar-refractivity contribution is -0.142. The van der Waals surface area contributed by atoms with Crippen LogP contribution in [0.5, 0.6) is 0 Å². The average Bonchev–Trinajstić information content (AvgIpc) is 3.26. The number of hydrogen-bond donors (Lipinski definition) is 8. The molecule has 1 heterocycles. The zero-order chi connectivity index (χ0) is 27.7. The molecule has 12 nitrogen and oxygen atoms in total. The Labute approximate surface area is 219 Å². The Morgan fingerprint density at radius 3 is 2.14 bits per heavy atom. The standard InChI is InChI=1S/C24H33N5O7S/c1-12(2)20(25)23(34)28-17(9-13-10-26-15-6-4-3-5-14(13)15)22(33)27-16(7-8-19(30)31)21(32)29-18(11-37)24(35)36/h3-6,10,12,16-18,20,26,37H,7-9,11,25H2,1-2H3,(H,27,33)(H,28,34)(H,29,32)(H,30,31)(H,35,36). The fraction of sp³-hybridized carbons (Fsp3) is 0.458. The number of para-hydroxylation sites is 1. The van der Waals surface area contributed by atoms with E-state index < -0.39 is 60.2 Å². The van der Waals surface area contributed by atoms with Gasteiger partial charge in [0.25, 0.3) is 0 Å². The van der Waals surface area contributed by atoms with Gasteiger partial charge in [0.15, 0.2) is 0 Å². The Morgan fingerprint density at radius 2 is 1.54 bits per heavy atom. The molecule has 37 heavy (non-hydrogen) atoms.